The lowest BCUT2D eigenvalue weighted by Crippen LogP contribution is -2.33. The summed E-state index contributed by atoms with van der Waals surface area (Å²) in [6.07, 6.45) is 3.00. The first-order valence-electron chi connectivity index (χ1n) is 6.89. The Morgan fingerprint density at radius 1 is 1.30 bits per heavy atom. The Labute approximate surface area is 138 Å². The minimum Gasteiger partial charge on any atom is -0.508 e. The van der Waals surface area contributed by atoms with Crippen molar-refractivity contribution in [3.05, 3.63) is 29.8 Å². The zero-order valence-corrected chi connectivity index (χ0v) is 14.6. The van der Waals surface area contributed by atoms with Crippen LogP contribution in [-0.2, 0) is 6.42 Å². The number of hydrogen-bond acceptors (Lipinski definition) is 2. The van der Waals surface area contributed by atoms with Crippen LogP contribution < -0.4 is 11.1 Å². The maximum Gasteiger partial charge on any atom is 0.188 e. The summed E-state index contributed by atoms with van der Waals surface area (Å²) in [7, 11) is 0. The number of hydrogen-bond donors (Lipinski definition) is 3. The number of phenolic OH excluding ortho intramolecular Hbond substituents is 1. The van der Waals surface area contributed by atoms with Gasteiger partial charge < -0.3 is 16.2 Å². The van der Waals surface area contributed by atoms with Gasteiger partial charge in [-0.1, -0.05) is 26.0 Å². The topological polar surface area (TPSA) is 70.6 Å². The van der Waals surface area contributed by atoms with Gasteiger partial charge in [-0.25, -0.2) is 0 Å². The number of nitrogens with one attached hydrogen (secondary N) is 1. The Morgan fingerprint density at radius 2 is 1.95 bits per heavy atom. The van der Waals surface area contributed by atoms with Crippen molar-refractivity contribution >= 4 is 29.9 Å². The Kier molecular flexibility index (Phi) is 10.2. The fraction of sp³-hybridized carbons (Fsp3) is 0.533. The van der Waals surface area contributed by atoms with Gasteiger partial charge in [0.05, 0.1) is 0 Å². The molecule has 4 N–H and O–H groups in total. The molecule has 0 aromatic heterocycles. The second-order valence-corrected chi connectivity index (χ2v) is 5.15. The average molecular weight is 391 g/mol. The van der Waals surface area contributed by atoms with Crippen molar-refractivity contribution in [2.24, 2.45) is 16.6 Å². The first-order valence-corrected chi connectivity index (χ1v) is 6.89. The summed E-state index contributed by atoms with van der Waals surface area (Å²) in [4.78, 5) is 4.29. The monoisotopic (exact) mass is 391 g/mol. The van der Waals surface area contributed by atoms with Crippen molar-refractivity contribution in [1.29, 1.82) is 0 Å². The molecule has 0 saturated heterocycles. The molecule has 4 nitrogen and oxygen atoms in total. The quantitative estimate of drug-likeness (QED) is 0.290. The lowest BCUT2D eigenvalue weighted by Gasteiger charge is -2.07. The van der Waals surface area contributed by atoms with E-state index in [4.69, 9.17) is 5.73 Å². The van der Waals surface area contributed by atoms with E-state index in [-0.39, 0.29) is 24.0 Å². The van der Waals surface area contributed by atoms with Crippen LogP contribution in [0.2, 0.25) is 0 Å². The molecule has 1 aromatic carbocycles. The lowest BCUT2D eigenvalue weighted by molar-refractivity contribution is 0.475. The van der Waals surface area contributed by atoms with E-state index in [2.05, 4.69) is 24.2 Å². The minimum absolute atomic E-state index is 0. The number of nitrogens with two attached hydrogens (primary N) is 1. The molecule has 114 valence electrons. The second-order valence-electron chi connectivity index (χ2n) is 5.15. The maximum absolute atomic E-state index is 9.18. The van der Waals surface area contributed by atoms with Crippen molar-refractivity contribution in [3.63, 3.8) is 0 Å². The highest BCUT2D eigenvalue weighted by molar-refractivity contribution is 14.0. The van der Waals surface area contributed by atoms with E-state index in [1.54, 1.807) is 12.1 Å². The van der Waals surface area contributed by atoms with Gasteiger partial charge >= 0.3 is 0 Å². The third kappa shape index (κ3) is 9.01. The SMILES string of the molecule is CC(C)CCNC(N)=NCCCc1ccc(O)cc1.I. The number of benzene rings is 1. The second kappa shape index (κ2) is 10.8. The molecule has 5 heteroatoms. The van der Waals surface area contributed by atoms with Crippen LogP contribution in [0.25, 0.3) is 0 Å². The summed E-state index contributed by atoms with van der Waals surface area (Å²) in [6.45, 7) is 5.98. The molecule has 0 amide bonds. The van der Waals surface area contributed by atoms with E-state index >= 15 is 0 Å². The molecule has 0 unspecified atom stereocenters. The van der Waals surface area contributed by atoms with Gasteiger partial charge in [0, 0.05) is 13.1 Å². The Hall–Kier alpha value is -0.980. The number of rotatable bonds is 7. The van der Waals surface area contributed by atoms with E-state index in [0.29, 0.717) is 17.6 Å². The van der Waals surface area contributed by atoms with Crippen molar-refractivity contribution < 1.29 is 5.11 Å². The van der Waals surface area contributed by atoms with Crippen LogP contribution in [0.5, 0.6) is 5.75 Å². The van der Waals surface area contributed by atoms with Gasteiger partial charge in [0.1, 0.15) is 5.75 Å². The molecule has 0 atom stereocenters. The normalized spacial score (nSPS) is 11.2. The van der Waals surface area contributed by atoms with E-state index in [9.17, 15) is 5.11 Å². The number of halogens is 1. The fourth-order valence-electron chi connectivity index (χ4n) is 1.69. The van der Waals surface area contributed by atoms with Gasteiger partial charge in [0.25, 0.3) is 0 Å². The summed E-state index contributed by atoms with van der Waals surface area (Å²) in [6, 6.07) is 7.29. The number of aryl methyl sites for hydroxylation is 1. The van der Waals surface area contributed by atoms with Crippen LogP contribution in [0.3, 0.4) is 0 Å². The zero-order chi connectivity index (χ0) is 14.1. The van der Waals surface area contributed by atoms with Gasteiger partial charge in [-0.15, -0.1) is 24.0 Å². The summed E-state index contributed by atoms with van der Waals surface area (Å²) < 4.78 is 0. The molecule has 0 saturated carbocycles. The van der Waals surface area contributed by atoms with Gasteiger partial charge in [0.2, 0.25) is 0 Å². The van der Waals surface area contributed by atoms with Gasteiger partial charge in [-0.3, -0.25) is 4.99 Å². The summed E-state index contributed by atoms with van der Waals surface area (Å²) in [5.74, 6) is 1.52. The Balaban J connectivity index is 0.00000361. The van der Waals surface area contributed by atoms with E-state index in [1.165, 1.54) is 5.56 Å². The van der Waals surface area contributed by atoms with Crippen LogP contribution >= 0.6 is 24.0 Å². The molecule has 1 aromatic rings. The molecule has 0 aliphatic heterocycles. The van der Waals surface area contributed by atoms with Gasteiger partial charge in [-0.05, 0) is 42.9 Å². The highest BCUT2D eigenvalue weighted by Crippen LogP contribution is 2.10. The first-order chi connectivity index (χ1) is 9.08. The summed E-state index contributed by atoms with van der Waals surface area (Å²) >= 11 is 0. The van der Waals surface area contributed by atoms with Crippen molar-refractivity contribution in [1.82, 2.24) is 5.32 Å². The minimum atomic E-state index is 0. The highest BCUT2D eigenvalue weighted by Gasteiger charge is 1.96. The van der Waals surface area contributed by atoms with Gasteiger partial charge in [0.15, 0.2) is 5.96 Å². The molecular formula is C15H26IN3O. The van der Waals surface area contributed by atoms with E-state index < -0.39 is 0 Å². The number of aromatic hydroxyl groups is 1. The van der Waals surface area contributed by atoms with Crippen molar-refractivity contribution in [2.75, 3.05) is 13.1 Å². The molecule has 0 heterocycles. The van der Waals surface area contributed by atoms with Crippen LogP contribution in [0.1, 0.15) is 32.3 Å². The third-order valence-corrected chi connectivity index (χ3v) is 2.87. The molecule has 1 rings (SSSR count). The highest BCUT2D eigenvalue weighted by atomic mass is 127. The lowest BCUT2D eigenvalue weighted by atomic mass is 10.1. The molecule has 0 bridgehead atoms. The largest absolute Gasteiger partial charge is 0.508 e. The number of aliphatic imine (C=N–C) groups is 1. The number of guanidine groups is 1. The van der Waals surface area contributed by atoms with Gasteiger partial charge in [-0.2, -0.15) is 0 Å². The predicted octanol–water partition coefficient (Wildman–Crippen LogP) is 2.89. The van der Waals surface area contributed by atoms with E-state index in [0.717, 1.165) is 32.4 Å². The van der Waals surface area contributed by atoms with E-state index in [1.807, 2.05) is 12.1 Å². The third-order valence-electron chi connectivity index (χ3n) is 2.87. The van der Waals surface area contributed by atoms with Crippen LogP contribution in [0.15, 0.2) is 29.3 Å². The zero-order valence-electron chi connectivity index (χ0n) is 12.3. The number of nitrogens with zero attached hydrogens (tertiary/aromatic N) is 1. The molecule has 0 aliphatic rings. The molecular weight excluding hydrogens is 365 g/mol. The van der Waals surface area contributed by atoms with Crippen molar-refractivity contribution in [3.8, 4) is 5.75 Å². The summed E-state index contributed by atoms with van der Waals surface area (Å²) in [5.41, 5.74) is 6.97. The maximum atomic E-state index is 9.18. The molecule has 0 fully saturated rings. The molecule has 0 radical (unpaired) electrons. The van der Waals surface area contributed by atoms with Crippen LogP contribution in [0.4, 0.5) is 0 Å². The molecule has 0 spiro atoms. The van der Waals surface area contributed by atoms with Crippen LogP contribution in [-0.4, -0.2) is 24.2 Å². The Morgan fingerprint density at radius 3 is 2.55 bits per heavy atom. The molecule has 20 heavy (non-hydrogen) atoms. The van der Waals surface area contributed by atoms with Crippen molar-refractivity contribution in [2.45, 2.75) is 33.1 Å². The number of phenols is 1. The Bertz CT molecular complexity index is 391. The van der Waals surface area contributed by atoms with Crippen LogP contribution in [0, 0.1) is 5.92 Å². The molecule has 0 aliphatic carbocycles. The predicted molar refractivity (Wildman–Crippen MR) is 95.8 cm³/mol. The fourth-order valence-corrected chi connectivity index (χ4v) is 1.69. The average Bonchev–Trinajstić information content (AvgIpc) is 2.36. The smallest absolute Gasteiger partial charge is 0.188 e. The standard InChI is InChI=1S/C15H25N3O.HI/c1-12(2)9-11-18-15(16)17-10-3-4-13-5-7-14(19)8-6-13;/h5-8,12,19H,3-4,9-11H2,1-2H3,(H3,16,17,18);1H. The first kappa shape index (κ1) is 19.0. The summed E-state index contributed by atoms with van der Waals surface area (Å²) in [5, 5.41) is 12.3.